The number of ether oxygens (including phenoxy) is 1. The molecule has 2 aliphatic rings. The maximum Gasteiger partial charge on any atom is 0.0599 e. The van der Waals surface area contributed by atoms with E-state index in [1.165, 1.54) is 38.8 Å². The quantitative estimate of drug-likeness (QED) is 0.702. The van der Waals surface area contributed by atoms with Gasteiger partial charge in [0.2, 0.25) is 0 Å². The van der Waals surface area contributed by atoms with Gasteiger partial charge >= 0.3 is 0 Å². The van der Waals surface area contributed by atoms with Crippen molar-refractivity contribution in [3.8, 4) is 0 Å². The van der Waals surface area contributed by atoms with Crippen LogP contribution in [0.3, 0.4) is 0 Å². The zero-order valence-electron chi connectivity index (χ0n) is 8.93. The van der Waals surface area contributed by atoms with Gasteiger partial charge in [-0.1, -0.05) is 0 Å². The minimum absolute atomic E-state index is 0.533. The van der Waals surface area contributed by atoms with E-state index in [1.54, 1.807) is 0 Å². The molecule has 0 aliphatic carbocycles. The summed E-state index contributed by atoms with van der Waals surface area (Å²) in [6.45, 7) is 5.63. The van der Waals surface area contributed by atoms with Crippen LogP contribution in [0.25, 0.3) is 0 Å². The molecule has 82 valence electrons. The third kappa shape index (κ3) is 3.23. The van der Waals surface area contributed by atoms with Gasteiger partial charge in [-0.3, -0.25) is 0 Å². The van der Waals surface area contributed by atoms with Crippen molar-refractivity contribution in [2.45, 2.75) is 31.8 Å². The van der Waals surface area contributed by atoms with Gasteiger partial charge < -0.3 is 15.4 Å². The molecule has 0 unspecified atom stereocenters. The van der Waals surface area contributed by atoms with Crippen molar-refractivity contribution in [1.29, 1.82) is 0 Å². The van der Waals surface area contributed by atoms with Crippen molar-refractivity contribution in [2.75, 3.05) is 32.8 Å². The molecule has 0 atom stereocenters. The summed E-state index contributed by atoms with van der Waals surface area (Å²) in [5.74, 6) is 0.811. The lowest BCUT2D eigenvalue weighted by molar-refractivity contribution is 0.00622. The average molecular weight is 198 g/mol. The van der Waals surface area contributed by atoms with Crippen molar-refractivity contribution < 1.29 is 4.74 Å². The largest absolute Gasteiger partial charge is 0.378 e. The molecule has 0 radical (unpaired) electrons. The molecular weight excluding hydrogens is 176 g/mol. The standard InChI is InChI=1S/C11H22N2O/c1-5-12-6-2-10(1)9-14-11-3-7-13-8-4-11/h10-13H,1-9H2. The van der Waals surface area contributed by atoms with Gasteiger partial charge in [-0.15, -0.1) is 0 Å². The normalized spacial score (nSPS) is 26.6. The van der Waals surface area contributed by atoms with Gasteiger partial charge in [0.1, 0.15) is 0 Å². The molecule has 0 amide bonds. The number of hydrogen-bond acceptors (Lipinski definition) is 3. The minimum Gasteiger partial charge on any atom is -0.378 e. The molecule has 2 N–H and O–H groups in total. The van der Waals surface area contributed by atoms with E-state index >= 15 is 0 Å². The molecule has 0 aromatic heterocycles. The van der Waals surface area contributed by atoms with Crippen LogP contribution in [0.5, 0.6) is 0 Å². The van der Waals surface area contributed by atoms with E-state index in [0.29, 0.717) is 6.10 Å². The van der Waals surface area contributed by atoms with E-state index < -0.39 is 0 Å². The molecule has 3 nitrogen and oxygen atoms in total. The highest BCUT2D eigenvalue weighted by Gasteiger charge is 2.17. The first kappa shape index (κ1) is 10.4. The molecule has 0 aromatic rings. The van der Waals surface area contributed by atoms with Crippen molar-refractivity contribution in [3.05, 3.63) is 0 Å². The summed E-state index contributed by atoms with van der Waals surface area (Å²) >= 11 is 0. The van der Waals surface area contributed by atoms with E-state index in [9.17, 15) is 0 Å². The first-order valence-corrected chi connectivity index (χ1v) is 5.98. The number of nitrogens with one attached hydrogen (secondary N) is 2. The van der Waals surface area contributed by atoms with E-state index in [-0.39, 0.29) is 0 Å². The van der Waals surface area contributed by atoms with Gasteiger partial charge in [-0.25, -0.2) is 0 Å². The molecule has 2 rings (SSSR count). The lowest BCUT2D eigenvalue weighted by atomic mass is 9.99. The van der Waals surface area contributed by atoms with Crippen LogP contribution >= 0.6 is 0 Å². The number of hydrogen-bond donors (Lipinski definition) is 2. The Morgan fingerprint density at radius 2 is 1.43 bits per heavy atom. The average Bonchev–Trinajstić information content (AvgIpc) is 2.29. The van der Waals surface area contributed by atoms with Crippen LogP contribution in [0.15, 0.2) is 0 Å². The predicted molar refractivity (Wildman–Crippen MR) is 57.4 cm³/mol. The molecule has 0 spiro atoms. The predicted octanol–water partition coefficient (Wildman–Crippen LogP) is 0.755. The molecule has 2 fully saturated rings. The highest BCUT2D eigenvalue weighted by atomic mass is 16.5. The van der Waals surface area contributed by atoms with Gasteiger partial charge in [-0.05, 0) is 57.8 Å². The van der Waals surface area contributed by atoms with Crippen LogP contribution in [0, 0.1) is 5.92 Å². The SMILES string of the molecule is C1CC(COC2CCNCC2)CCN1. The van der Waals surface area contributed by atoms with Crippen LogP contribution in [-0.2, 0) is 4.74 Å². The second kappa shape index (κ2) is 5.69. The molecule has 3 heteroatoms. The summed E-state index contributed by atoms with van der Waals surface area (Å²) in [7, 11) is 0. The Balaban J connectivity index is 1.60. The molecular formula is C11H22N2O. The molecule has 0 aromatic carbocycles. The fourth-order valence-electron chi connectivity index (χ4n) is 2.28. The van der Waals surface area contributed by atoms with Gasteiger partial charge in [0.05, 0.1) is 6.10 Å². The smallest absolute Gasteiger partial charge is 0.0599 e. The highest BCUT2D eigenvalue weighted by molar-refractivity contribution is 4.71. The van der Waals surface area contributed by atoms with Crippen molar-refractivity contribution in [2.24, 2.45) is 5.92 Å². The van der Waals surface area contributed by atoms with Crippen LogP contribution < -0.4 is 10.6 Å². The van der Waals surface area contributed by atoms with E-state index in [2.05, 4.69) is 10.6 Å². The monoisotopic (exact) mass is 198 g/mol. The molecule has 0 saturated carbocycles. The molecule has 2 aliphatic heterocycles. The maximum atomic E-state index is 5.95. The zero-order chi connectivity index (χ0) is 9.64. The lowest BCUT2D eigenvalue weighted by Gasteiger charge is -2.27. The summed E-state index contributed by atoms with van der Waals surface area (Å²) in [5.41, 5.74) is 0. The number of rotatable bonds is 3. The van der Waals surface area contributed by atoms with Crippen LogP contribution in [-0.4, -0.2) is 38.9 Å². The Morgan fingerprint density at radius 1 is 0.857 bits per heavy atom. The maximum absolute atomic E-state index is 5.95. The Kier molecular flexibility index (Phi) is 4.22. The fourth-order valence-corrected chi connectivity index (χ4v) is 2.28. The van der Waals surface area contributed by atoms with Crippen LogP contribution in [0.1, 0.15) is 25.7 Å². The van der Waals surface area contributed by atoms with Gasteiger partial charge in [0.25, 0.3) is 0 Å². The fraction of sp³-hybridized carbons (Fsp3) is 1.00. The van der Waals surface area contributed by atoms with Crippen molar-refractivity contribution in [1.82, 2.24) is 10.6 Å². The summed E-state index contributed by atoms with van der Waals surface area (Å²) in [6, 6.07) is 0. The summed E-state index contributed by atoms with van der Waals surface area (Å²) in [6.07, 6.45) is 5.53. The minimum atomic E-state index is 0.533. The molecule has 2 saturated heterocycles. The Morgan fingerprint density at radius 3 is 2.07 bits per heavy atom. The van der Waals surface area contributed by atoms with E-state index in [1.807, 2.05) is 0 Å². The molecule has 0 bridgehead atoms. The topological polar surface area (TPSA) is 33.3 Å². The van der Waals surface area contributed by atoms with E-state index in [4.69, 9.17) is 4.74 Å². The zero-order valence-corrected chi connectivity index (χ0v) is 8.93. The third-order valence-corrected chi connectivity index (χ3v) is 3.31. The summed E-state index contributed by atoms with van der Waals surface area (Å²) in [5, 5.41) is 6.75. The van der Waals surface area contributed by atoms with E-state index in [0.717, 1.165) is 25.6 Å². The summed E-state index contributed by atoms with van der Waals surface area (Å²) < 4.78 is 5.95. The Labute approximate surface area is 86.6 Å². The first-order chi connectivity index (χ1) is 6.95. The highest BCUT2D eigenvalue weighted by Crippen LogP contribution is 2.15. The number of piperidine rings is 2. The molecule has 14 heavy (non-hydrogen) atoms. The lowest BCUT2D eigenvalue weighted by Crippen LogP contribution is -2.35. The first-order valence-electron chi connectivity index (χ1n) is 5.98. The van der Waals surface area contributed by atoms with Crippen molar-refractivity contribution in [3.63, 3.8) is 0 Å². The van der Waals surface area contributed by atoms with Crippen LogP contribution in [0.4, 0.5) is 0 Å². The Bertz CT molecular complexity index is 133. The van der Waals surface area contributed by atoms with Gasteiger partial charge in [0.15, 0.2) is 0 Å². The van der Waals surface area contributed by atoms with Crippen molar-refractivity contribution >= 4 is 0 Å². The van der Waals surface area contributed by atoms with Gasteiger partial charge in [-0.2, -0.15) is 0 Å². The molecule has 2 heterocycles. The third-order valence-electron chi connectivity index (χ3n) is 3.31. The van der Waals surface area contributed by atoms with Gasteiger partial charge in [0, 0.05) is 6.61 Å². The second-order valence-corrected chi connectivity index (χ2v) is 4.48. The summed E-state index contributed by atoms with van der Waals surface area (Å²) in [4.78, 5) is 0. The second-order valence-electron chi connectivity index (χ2n) is 4.48. The Hall–Kier alpha value is -0.120. The van der Waals surface area contributed by atoms with Crippen LogP contribution in [0.2, 0.25) is 0 Å².